The first-order valence-electron chi connectivity index (χ1n) is 10.7. The van der Waals surface area contributed by atoms with Gasteiger partial charge in [0, 0.05) is 6.54 Å². The molecule has 0 unspecified atom stereocenters. The van der Waals surface area contributed by atoms with Crippen LogP contribution in [0.4, 0.5) is 4.79 Å². The van der Waals surface area contributed by atoms with Crippen molar-refractivity contribution < 1.29 is 19.1 Å². The van der Waals surface area contributed by atoms with E-state index < -0.39 is 0 Å². The summed E-state index contributed by atoms with van der Waals surface area (Å²) in [6.07, 6.45) is 3.48. The summed E-state index contributed by atoms with van der Waals surface area (Å²) in [5.41, 5.74) is 1.88. The number of hydrogen-bond acceptors (Lipinski definition) is 5. The van der Waals surface area contributed by atoms with Crippen LogP contribution in [0.15, 0.2) is 59.5 Å². The van der Waals surface area contributed by atoms with E-state index in [9.17, 15) is 9.59 Å². The fourth-order valence-electron chi connectivity index (χ4n) is 3.69. The summed E-state index contributed by atoms with van der Waals surface area (Å²) in [5, 5.41) is 2.12. The molecule has 0 saturated carbocycles. The van der Waals surface area contributed by atoms with Crippen LogP contribution < -0.4 is 9.47 Å². The van der Waals surface area contributed by atoms with Crippen LogP contribution in [0.2, 0.25) is 0 Å². The van der Waals surface area contributed by atoms with Gasteiger partial charge in [-0.1, -0.05) is 55.8 Å². The first-order valence-corrected chi connectivity index (χ1v) is 12.6. The lowest BCUT2D eigenvalue weighted by Gasteiger charge is -2.15. The Hall–Kier alpha value is -2.52. The monoisotopic (exact) mass is 573 g/mol. The molecule has 5 nitrogen and oxygen atoms in total. The van der Waals surface area contributed by atoms with Crippen molar-refractivity contribution in [2.24, 2.45) is 0 Å². The number of imide groups is 1. The van der Waals surface area contributed by atoms with E-state index in [-0.39, 0.29) is 11.1 Å². The lowest BCUT2D eigenvalue weighted by atomic mass is 10.1. The maximum absolute atomic E-state index is 12.7. The van der Waals surface area contributed by atoms with Gasteiger partial charge in [-0.15, -0.1) is 0 Å². The lowest BCUT2D eigenvalue weighted by Crippen LogP contribution is -2.29. The van der Waals surface area contributed by atoms with Crippen LogP contribution in [0.3, 0.4) is 0 Å². The third-order valence-corrected chi connectivity index (χ3v) is 7.12. The number of unbranched alkanes of at least 4 members (excludes halogenated alkanes) is 1. The highest BCUT2D eigenvalue weighted by molar-refractivity contribution is 14.1. The van der Waals surface area contributed by atoms with E-state index >= 15 is 0 Å². The zero-order valence-electron chi connectivity index (χ0n) is 18.5. The standard InChI is InChI=1S/C26H24INO4S/c1-3-4-12-28-25(29)23(33-26(28)30)15-17-13-21(27)24(22(14-17)31-2)32-16-19-10-7-9-18-8-5-6-11-20(18)19/h5-11,13-15H,3-4,12,16H2,1-2H3/b23-15-. The number of halogens is 1. The summed E-state index contributed by atoms with van der Waals surface area (Å²) in [6, 6.07) is 18.2. The minimum Gasteiger partial charge on any atom is -0.493 e. The van der Waals surface area contributed by atoms with Crippen LogP contribution >= 0.6 is 34.4 Å². The van der Waals surface area contributed by atoms with E-state index in [1.165, 1.54) is 10.3 Å². The quantitative estimate of drug-likeness (QED) is 0.218. The number of benzene rings is 3. The second-order valence-corrected chi connectivity index (χ2v) is 9.80. The fourth-order valence-corrected chi connectivity index (χ4v) is 5.34. The number of hydrogen-bond donors (Lipinski definition) is 0. The summed E-state index contributed by atoms with van der Waals surface area (Å²) >= 11 is 3.19. The zero-order valence-corrected chi connectivity index (χ0v) is 21.4. The van der Waals surface area contributed by atoms with Gasteiger partial charge in [-0.25, -0.2) is 0 Å². The summed E-state index contributed by atoms with van der Waals surface area (Å²) in [6.45, 7) is 2.90. The first kappa shape index (κ1) is 23.6. The van der Waals surface area contributed by atoms with Crippen LogP contribution in [0.25, 0.3) is 16.8 Å². The molecule has 1 aliphatic heterocycles. The molecule has 1 aliphatic rings. The molecule has 0 radical (unpaired) electrons. The zero-order chi connectivity index (χ0) is 23.4. The molecule has 1 saturated heterocycles. The summed E-state index contributed by atoms with van der Waals surface area (Å²) < 4.78 is 12.7. The number of rotatable bonds is 8. The number of methoxy groups -OCH3 is 1. The summed E-state index contributed by atoms with van der Waals surface area (Å²) in [7, 11) is 1.60. The van der Waals surface area contributed by atoms with Crippen LogP contribution in [-0.2, 0) is 11.4 Å². The molecule has 33 heavy (non-hydrogen) atoms. The molecule has 4 rings (SSSR count). The second-order valence-electron chi connectivity index (χ2n) is 7.65. The normalized spacial score (nSPS) is 15.0. The predicted octanol–water partition coefficient (Wildman–Crippen LogP) is 6.87. The molecule has 3 aromatic carbocycles. The Balaban J connectivity index is 1.57. The van der Waals surface area contributed by atoms with Crippen molar-refractivity contribution in [1.29, 1.82) is 0 Å². The lowest BCUT2D eigenvalue weighted by molar-refractivity contribution is -0.122. The molecule has 3 aromatic rings. The minimum atomic E-state index is -0.233. The van der Waals surface area contributed by atoms with Crippen LogP contribution in [0.1, 0.15) is 30.9 Å². The SMILES string of the molecule is CCCCN1C(=O)S/C(=C\c2cc(I)c(OCc3cccc4ccccc34)c(OC)c2)C1=O. The van der Waals surface area contributed by atoms with Crippen molar-refractivity contribution in [2.75, 3.05) is 13.7 Å². The maximum atomic E-state index is 12.7. The number of carbonyl (C=O) groups is 2. The average Bonchev–Trinajstić information content (AvgIpc) is 3.08. The Morgan fingerprint density at radius 3 is 2.67 bits per heavy atom. The number of amides is 2. The van der Waals surface area contributed by atoms with Crippen LogP contribution in [-0.4, -0.2) is 29.7 Å². The van der Waals surface area contributed by atoms with Crippen molar-refractivity contribution in [3.05, 3.63) is 74.2 Å². The van der Waals surface area contributed by atoms with Gasteiger partial charge < -0.3 is 9.47 Å². The van der Waals surface area contributed by atoms with Crippen molar-refractivity contribution in [3.8, 4) is 11.5 Å². The van der Waals surface area contributed by atoms with E-state index in [4.69, 9.17) is 9.47 Å². The van der Waals surface area contributed by atoms with Crippen molar-refractivity contribution in [1.82, 2.24) is 4.90 Å². The number of ether oxygens (including phenoxy) is 2. The molecule has 1 heterocycles. The molecular formula is C26H24INO4S. The molecule has 0 bridgehead atoms. The molecule has 0 spiro atoms. The largest absolute Gasteiger partial charge is 0.493 e. The van der Waals surface area contributed by atoms with Crippen LogP contribution in [0, 0.1) is 3.57 Å². The van der Waals surface area contributed by atoms with Gasteiger partial charge in [0.2, 0.25) is 0 Å². The van der Waals surface area contributed by atoms with Crippen LogP contribution in [0.5, 0.6) is 11.5 Å². The third kappa shape index (κ3) is 5.19. The van der Waals surface area contributed by atoms with E-state index in [0.29, 0.717) is 29.6 Å². The highest BCUT2D eigenvalue weighted by Crippen LogP contribution is 2.38. The first-order chi connectivity index (χ1) is 16.0. The molecule has 0 atom stereocenters. The maximum Gasteiger partial charge on any atom is 0.293 e. The summed E-state index contributed by atoms with van der Waals surface area (Å²) in [5.74, 6) is 1.00. The molecular weight excluding hydrogens is 549 g/mol. The molecule has 0 aliphatic carbocycles. The average molecular weight is 573 g/mol. The van der Waals surface area contributed by atoms with Gasteiger partial charge >= 0.3 is 0 Å². The van der Waals surface area contributed by atoms with Gasteiger partial charge in [0.05, 0.1) is 15.6 Å². The van der Waals surface area contributed by atoms with Gasteiger partial charge in [-0.2, -0.15) is 0 Å². The second kappa shape index (κ2) is 10.6. The van der Waals surface area contributed by atoms with E-state index in [2.05, 4.69) is 46.9 Å². The van der Waals surface area contributed by atoms with Gasteiger partial charge in [-0.05, 0) is 80.9 Å². The van der Waals surface area contributed by atoms with Crippen molar-refractivity contribution in [2.45, 2.75) is 26.4 Å². The fraction of sp³-hybridized carbons (Fsp3) is 0.231. The molecule has 170 valence electrons. The summed E-state index contributed by atoms with van der Waals surface area (Å²) in [4.78, 5) is 26.6. The Morgan fingerprint density at radius 1 is 1.09 bits per heavy atom. The molecule has 0 N–H and O–H groups in total. The van der Waals surface area contributed by atoms with Crippen molar-refractivity contribution in [3.63, 3.8) is 0 Å². The molecule has 0 aromatic heterocycles. The highest BCUT2D eigenvalue weighted by Gasteiger charge is 2.34. The molecule has 2 amide bonds. The highest BCUT2D eigenvalue weighted by atomic mass is 127. The Bertz CT molecular complexity index is 1230. The van der Waals surface area contributed by atoms with E-state index in [1.807, 2.05) is 37.3 Å². The van der Waals surface area contributed by atoms with E-state index in [1.54, 1.807) is 13.2 Å². The van der Waals surface area contributed by atoms with Gasteiger partial charge in [0.1, 0.15) is 6.61 Å². The Labute approximate surface area is 211 Å². The molecule has 1 fully saturated rings. The van der Waals surface area contributed by atoms with Gasteiger partial charge in [-0.3, -0.25) is 14.5 Å². The van der Waals surface area contributed by atoms with E-state index in [0.717, 1.165) is 44.7 Å². The van der Waals surface area contributed by atoms with Gasteiger partial charge in [0.15, 0.2) is 11.5 Å². The Morgan fingerprint density at radius 2 is 1.88 bits per heavy atom. The topological polar surface area (TPSA) is 55.8 Å². The smallest absolute Gasteiger partial charge is 0.293 e. The number of nitrogens with zero attached hydrogens (tertiary/aromatic N) is 1. The van der Waals surface area contributed by atoms with Crippen molar-refractivity contribution >= 4 is 62.3 Å². The Kier molecular flexibility index (Phi) is 7.60. The number of fused-ring (bicyclic) bond motifs is 1. The minimum absolute atomic E-state index is 0.212. The molecule has 7 heteroatoms. The number of thioether (sulfide) groups is 1. The number of carbonyl (C=O) groups excluding carboxylic acids is 2. The predicted molar refractivity (Wildman–Crippen MR) is 142 cm³/mol. The third-order valence-electron chi connectivity index (χ3n) is 5.41. The van der Waals surface area contributed by atoms with Gasteiger partial charge in [0.25, 0.3) is 11.1 Å².